The molecule has 0 bridgehead atoms. The molecule has 4 nitrogen and oxygen atoms in total. The Bertz CT molecular complexity index is 664. The summed E-state index contributed by atoms with van der Waals surface area (Å²) in [5.41, 5.74) is 1.54. The van der Waals surface area contributed by atoms with Crippen LogP contribution in [0.2, 0.25) is 0 Å². The molecule has 0 fully saturated rings. The number of nitrogens with zero attached hydrogens (tertiary/aromatic N) is 1. The number of non-ortho nitro benzene ring substituents is 1. The lowest BCUT2D eigenvalue weighted by molar-refractivity contribution is -0.384. The molecule has 2 rings (SSSR count). The summed E-state index contributed by atoms with van der Waals surface area (Å²) in [5.74, 6) is -0.267. The lowest BCUT2D eigenvalue weighted by Crippen LogP contribution is -2.18. The van der Waals surface area contributed by atoms with E-state index in [-0.39, 0.29) is 17.5 Å². The Labute approximate surface area is 130 Å². The Morgan fingerprint density at radius 1 is 1.33 bits per heavy atom. The van der Waals surface area contributed by atoms with Gasteiger partial charge in [-0.3, -0.25) is 10.1 Å². The SMILES string of the molecule is CC(Cc1cccc(F)c1)Nc1cc([N+](=O)[O-])ccc1Br. The first kappa shape index (κ1) is 15.4. The highest BCUT2D eigenvalue weighted by Gasteiger charge is 2.12. The van der Waals surface area contributed by atoms with Crippen LogP contribution in [0, 0.1) is 15.9 Å². The summed E-state index contributed by atoms with van der Waals surface area (Å²) in [6.45, 7) is 1.94. The molecular weight excluding hydrogens is 339 g/mol. The van der Waals surface area contributed by atoms with Crippen LogP contribution in [0.15, 0.2) is 46.9 Å². The number of nitro benzene ring substituents is 1. The van der Waals surface area contributed by atoms with E-state index in [9.17, 15) is 14.5 Å². The van der Waals surface area contributed by atoms with Crippen molar-refractivity contribution >= 4 is 27.3 Å². The van der Waals surface area contributed by atoms with E-state index >= 15 is 0 Å². The Morgan fingerprint density at radius 3 is 2.76 bits per heavy atom. The van der Waals surface area contributed by atoms with Gasteiger partial charge in [-0.05, 0) is 53.0 Å². The van der Waals surface area contributed by atoms with Gasteiger partial charge in [-0.15, -0.1) is 0 Å². The summed E-state index contributed by atoms with van der Waals surface area (Å²) < 4.78 is 13.9. The summed E-state index contributed by atoms with van der Waals surface area (Å²) in [4.78, 5) is 10.4. The molecular formula is C15H14BrFN2O2. The number of rotatable bonds is 5. The third-order valence-corrected chi connectivity index (χ3v) is 3.69. The fraction of sp³-hybridized carbons (Fsp3) is 0.200. The smallest absolute Gasteiger partial charge is 0.271 e. The zero-order valence-electron chi connectivity index (χ0n) is 11.3. The van der Waals surface area contributed by atoms with Crippen LogP contribution in [0.3, 0.4) is 0 Å². The highest BCUT2D eigenvalue weighted by Crippen LogP contribution is 2.28. The second kappa shape index (κ2) is 6.67. The first-order valence-electron chi connectivity index (χ1n) is 6.40. The first-order chi connectivity index (χ1) is 9.95. The average Bonchev–Trinajstić information content (AvgIpc) is 2.41. The van der Waals surface area contributed by atoms with Crippen molar-refractivity contribution in [2.24, 2.45) is 0 Å². The molecule has 0 aliphatic rings. The van der Waals surface area contributed by atoms with Gasteiger partial charge in [0, 0.05) is 22.6 Å². The molecule has 1 unspecified atom stereocenters. The number of nitro groups is 1. The highest BCUT2D eigenvalue weighted by molar-refractivity contribution is 9.10. The fourth-order valence-electron chi connectivity index (χ4n) is 2.07. The van der Waals surface area contributed by atoms with Gasteiger partial charge in [-0.1, -0.05) is 12.1 Å². The molecule has 0 amide bonds. The van der Waals surface area contributed by atoms with Crippen molar-refractivity contribution in [2.75, 3.05) is 5.32 Å². The molecule has 6 heteroatoms. The Morgan fingerprint density at radius 2 is 2.10 bits per heavy atom. The predicted octanol–water partition coefficient (Wildman–Crippen LogP) is 4.54. The molecule has 1 atom stereocenters. The Kier molecular flexibility index (Phi) is 4.90. The van der Waals surface area contributed by atoms with Crippen LogP contribution >= 0.6 is 15.9 Å². The average molecular weight is 353 g/mol. The minimum Gasteiger partial charge on any atom is -0.381 e. The molecule has 21 heavy (non-hydrogen) atoms. The third kappa shape index (κ3) is 4.26. The van der Waals surface area contributed by atoms with E-state index in [2.05, 4.69) is 21.2 Å². The van der Waals surface area contributed by atoms with Crippen LogP contribution < -0.4 is 5.32 Å². The van der Waals surface area contributed by atoms with Crippen LogP contribution in [-0.2, 0) is 6.42 Å². The maximum atomic E-state index is 13.1. The molecule has 0 aliphatic heterocycles. The molecule has 0 spiro atoms. The number of anilines is 1. The van der Waals surface area contributed by atoms with E-state index in [1.165, 1.54) is 24.3 Å². The molecule has 1 N–H and O–H groups in total. The summed E-state index contributed by atoms with van der Waals surface area (Å²) in [6.07, 6.45) is 0.618. The largest absolute Gasteiger partial charge is 0.381 e. The van der Waals surface area contributed by atoms with Crippen LogP contribution in [-0.4, -0.2) is 11.0 Å². The number of hydrogen-bond donors (Lipinski definition) is 1. The zero-order valence-corrected chi connectivity index (χ0v) is 12.9. The molecule has 0 heterocycles. The quantitative estimate of drug-likeness (QED) is 0.634. The Balaban J connectivity index is 2.10. The van der Waals surface area contributed by atoms with Gasteiger partial charge in [0.25, 0.3) is 5.69 Å². The number of benzene rings is 2. The van der Waals surface area contributed by atoms with E-state index in [4.69, 9.17) is 0 Å². The standard InChI is InChI=1S/C15H14BrFN2O2/c1-10(7-11-3-2-4-12(17)8-11)18-15-9-13(19(20)21)5-6-14(15)16/h2-6,8-10,18H,7H2,1H3. The van der Waals surface area contributed by atoms with Crippen molar-refractivity contribution in [3.8, 4) is 0 Å². The van der Waals surface area contributed by atoms with Crippen LogP contribution in [0.4, 0.5) is 15.8 Å². The van der Waals surface area contributed by atoms with Crippen molar-refractivity contribution in [3.05, 3.63) is 68.4 Å². The van der Waals surface area contributed by atoms with Crippen LogP contribution in [0.25, 0.3) is 0 Å². The monoisotopic (exact) mass is 352 g/mol. The fourth-order valence-corrected chi connectivity index (χ4v) is 2.43. The summed E-state index contributed by atoms with van der Waals surface area (Å²) in [5, 5.41) is 14.0. The van der Waals surface area contributed by atoms with Crippen molar-refractivity contribution in [1.29, 1.82) is 0 Å². The molecule has 0 aliphatic carbocycles. The number of hydrogen-bond acceptors (Lipinski definition) is 3. The highest BCUT2D eigenvalue weighted by atomic mass is 79.9. The van der Waals surface area contributed by atoms with Crippen molar-refractivity contribution < 1.29 is 9.31 Å². The second-order valence-corrected chi connectivity index (χ2v) is 5.66. The first-order valence-corrected chi connectivity index (χ1v) is 7.20. The van der Waals surface area contributed by atoms with Gasteiger partial charge in [0.1, 0.15) is 5.82 Å². The predicted molar refractivity (Wildman–Crippen MR) is 84.0 cm³/mol. The van der Waals surface area contributed by atoms with Gasteiger partial charge in [-0.25, -0.2) is 4.39 Å². The van der Waals surface area contributed by atoms with Gasteiger partial charge in [0.05, 0.1) is 10.6 Å². The van der Waals surface area contributed by atoms with Crippen molar-refractivity contribution in [2.45, 2.75) is 19.4 Å². The van der Waals surface area contributed by atoms with Crippen molar-refractivity contribution in [1.82, 2.24) is 0 Å². The number of halogens is 2. The maximum Gasteiger partial charge on any atom is 0.271 e. The molecule has 0 radical (unpaired) electrons. The third-order valence-electron chi connectivity index (χ3n) is 2.99. The van der Waals surface area contributed by atoms with Crippen molar-refractivity contribution in [3.63, 3.8) is 0 Å². The summed E-state index contributed by atoms with van der Waals surface area (Å²) >= 11 is 3.36. The molecule has 2 aromatic carbocycles. The van der Waals surface area contributed by atoms with E-state index in [0.717, 1.165) is 10.0 Å². The molecule has 110 valence electrons. The minimum atomic E-state index is -0.436. The van der Waals surface area contributed by atoms with Gasteiger partial charge in [0.15, 0.2) is 0 Å². The second-order valence-electron chi connectivity index (χ2n) is 4.80. The summed E-state index contributed by atoms with van der Waals surface area (Å²) in [7, 11) is 0. The van der Waals surface area contributed by atoms with E-state index in [0.29, 0.717) is 12.1 Å². The van der Waals surface area contributed by atoms with Crippen LogP contribution in [0.1, 0.15) is 12.5 Å². The molecule has 0 saturated carbocycles. The van der Waals surface area contributed by atoms with Crippen LogP contribution in [0.5, 0.6) is 0 Å². The van der Waals surface area contributed by atoms with E-state index in [1.807, 2.05) is 13.0 Å². The van der Waals surface area contributed by atoms with Gasteiger partial charge >= 0.3 is 0 Å². The normalized spacial score (nSPS) is 12.0. The summed E-state index contributed by atoms with van der Waals surface area (Å²) in [6, 6.07) is 11.0. The number of nitrogens with one attached hydrogen (secondary N) is 1. The Hall–Kier alpha value is -1.95. The maximum absolute atomic E-state index is 13.1. The molecule has 0 saturated heterocycles. The zero-order chi connectivity index (χ0) is 15.4. The van der Waals surface area contributed by atoms with E-state index in [1.54, 1.807) is 12.1 Å². The van der Waals surface area contributed by atoms with Gasteiger partial charge in [-0.2, -0.15) is 0 Å². The van der Waals surface area contributed by atoms with E-state index < -0.39 is 4.92 Å². The lowest BCUT2D eigenvalue weighted by Gasteiger charge is -2.16. The minimum absolute atomic E-state index is 0.00473. The van der Waals surface area contributed by atoms with Gasteiger partial charge in [0.2, 0.25) is 0 Å². The topological polar surface area (TPSA) is 55.2 Å². The molecule has 2 aromatic rings. The molecule has 0 aromatic heterocycles. The van der Waals surface area contributed by atoms with Gasteiger partial charge < -0.3 is 5.32 Å². The lowest BCUT2D eigenvalue weighted by atomic mass is 10.1.